The van der Waals surface area contributed by atoms with Crippen LogP contribution in [-0.4, -0.2) is 45.2 Å². The SMILES string of the molecule is COC(=O)c1cc2n(n1)CCCN(C(=O)c1ccc3sc(N)nc3c1)C2. The highest BCUT2D eigenvalue weighted by Crippen LogP contribution is 2.25. The quantitative estimate of drug-likeness (QED) is 0.690. The highest BCUT2D eigenvalue weighted by molar-refractivity contribution is 7.22. The van der Waals surface area contributed by atoms with Crippen molar-refractivity contribution in [2.75, 3.05) is 19.4 Å². The number of nitrogens with zero attached hydrogens (tertiary/aromatic N) is 4. The van der Waals surface area contributed by atoms with Crippen molar-refractivity contribution in [3.63, 3.8) is 0 Å². The number of hydrogen-bond donors (Lipinski definition) is 1. The average molecular weight is 371 g/mol. The number of amides is 1. The molecule has 4 rings (SSSR count). The van der Waals surface area contributed by atoms with Crippen LogP contribution in [0.1, 0.15) is 33.0 Å². The number of aromatic nitrogens is 3. The summed E-state index contributed by atoms with van der Waals surface area (Å²) < 4.78 is 7.44. The van der Waals surface area contributed by atoms with Crippen LogP contribution in [-0.2, 0) is 17.8 Å². The Bertz CT molecular complexity index is 1010. The van der Waals surface area contributed by atoms with Gasteiger partial charge in [-0.15, -0.1) is 0 Å². The van der Waals surface area contributed by atoms with Crippen molar-refractivity contribution in [2.45, 2.75) is 19.5 Å². The van der Waals surface area contributed by atoms with Gasteiger partial charge in [-0.25, -0.2) is 9.78 Å². The first-order valence-electron chi connectivity index (χ1n) is 8.15. The van der Waals surface area contributed by atoms with E-state index in [9.17, 15) is 9.59 Å². The molecule has 134 valence electrons. The maximum atomic E-state index is 13.0. The van der Waals surface area contributed by atoms with Gasteiger partial charge in [0.25, 0.3) is 5.91 Å². The molecule has 1 amide bonds. The summed E-state index contributed by atoms with van der Waals surface area (Å²) in [6.45, 7) is 1.66. The third kappa shape index (κ3) is 2.90. The van der Waals surface area contributed by atoms with Gasteiger partial charge in [0.15, 0.2) is 10.8 Å². The van der Waals surface area contributed by atoms with E-state index >= 15 is 0 Å². The Hall–Kier alpha value is -2.94. The molecular weight excluding hydrogens is 354 g/mol. The summed E-state index contributed by atoms with van der Waals surface area (Å²) in [7, 11) is 1.32. The summed E-state index contributed by atoms with van der Waals surface area (Å²) >= 11 is 1.40. The van der Waals surface area contributed by atoms with E-state index in [-0.39, 0.29) is 11.6 Å². The Labute approximate surface area is 153 Å². The van der Waals surface area contributed by atoms with E-state index in [2.05, 4.69) is 10.1 Å². The Balaban J connectivity index is 1.61. The van der Waals surface area contributed by atoms with Crippen LogP contribution in [0.5, 0.6) is 0 Å². The molecule has 0 unspecified atom stereocenters. The average Bonchev–Trinajstić information content (AvgIpc) is 3.15. The maximum Gasteiger partial charge on any atom is 0.358 e. The number of carbonyl (C=O) groups is 2. The molecule has 1 aromatic carbocycles. The van der Waals surface area contributed by atoms with Crippen molar-refractivity contribution >= 4 is 38.6 Å². The molecule has 0 atom stereocenters. The summed E-state index contributed by atoms with van der Waals surface area (Å²) in [6.07, 6.45) is 0.757. The zero-order valence-corrected chi connectivity index (χ0v) is 15.0. The summed E-state index contributed by atoms with van der Waals surface area (Å²) in [4.78, 5) is 30.7. The van der Waals surface area contributed by atoms with Crippen LogP contribution in [0.25, 0.3) is 10.2 Å². The van der Waals surface area contributed by atoms with Crippen molar-refractivity contribution in [3.8, 4) is 0 Å². The monoisotopic (exact) mass is 371 g/mol. The normalized spacial score (nSPS) is 14.1. The van der Waals surface area contributed by atoms with Gasteiger partial charge in [-0.3, -0.25) is 9.48 Å². The number of methoxy groups -OCH3 is 1. The molecule has 1 aliphatic rings. The maximum absolute atomic E-state index is 13.0. The van der Waals surface area contributed by atoms with E-state index in [1.54, 1.807) is 27.8 Å². The van der Waals surface area contributed by atoms with E-state index in [4.69, 9.17) is 10.5 Å². The van der Waals surface area contributed by atoms with Gasteiger partial charge in [0.05, 0.1) is 29.6 Å². The van der Waals surface area contributed by atoms with E-state index in [0.717, 1.165) is 22.3 Å². The van der Waals surface area contributed by atoms with Crippen LogP contribution in [0.3, 0.4) is 0 Å². The molecule has 2 N–H and O–H groups in total. The Morgan fingerprint density at radius 2 is 2.12 bits per heavy atom. The topological polar surface area (TPSA) is 103 Å². The first kappa shape index (κ1) is 16.5. The minimum absolute atomic E-state index is 0.0762. The van der Waals surface area contributed by atoms with Crippen LogP contribution in [0.4, 0.5) is 5.13 Å². The fourth-order valence-corrected chi connectivity index (χ4v) is 3.82. The summed E-state index contributed by atoms with van der Waals surface area (Å²) in [5.74, 6) is -0.553. The van der Waals surface area contributed by atoms with E-state index in [1.807, 2.05) is 6.07 Å². The van der Waals surface area contributed by atoms with E-state index < -0.39 is 5.97 Å². The van der Waals surface area contributed by atoms with Crippen LogP contribution >= 0.6 is 11.3 Å². The number of hydrogen-bond acceptors (Lipinski definition) is 7. The molecule has 0 spiro atoms. The lowest BCUT2D eigenvalue weighted by molar-refractivity contribution is 0.0593. The fraction of sp³-hybridized carbons (Fsp3) is 0.294. The van der Waals surface area contributed by atoms with Crippen molar-refractivity contribution in [1.82, 2.24) is 19.7 Å². The molecule has 0 saturated heterocycles. The lowest BCUT2D eigenvalue weighted by atomic mass is 10.1. The molecule has 0 radical (unpaired) electrons. The fourth-order valence-electron chi connectivity index (χ4n) is 3.10. The van der Waals surface area contributed by atoms with E-state index in [0.29, 0.717) is 30.3 Å². The molecule has 2 aromatic heterocycles. The molecule has 9 heteroatoms. The first-order chi connectivity index (χ1) is 12.5. The van der Waals surface area contributed by atoms with Gasteiger partial charge in [0, 0.05) is 18.7 Å². The largest absolute Gasteiger partial charge is 0.464 e. The second kappa shape index (κ2) is 6.41. The predicted octanol–water partition coefficient (Wildman–Crippen LogP) is 1.91. The van der Waals surface area contributed by atoms with Gasteiger partial charge in [-0.2, -0.15) is 5.10 Å². The second-order valence-electron chi connectivity index (χ2n) is 6.05. The third-order valence-corrected chi connectivity index (χ3v) is 5.21. The van der Waals surface area contributed by atoms with Crippen molar-refractivity contribution < 1.29 is 14.3 Å². The lowest BCUT2D eigenvalue weighted by Crippen LogP contribution is -2.30. The second-order valence-corrected chi connectivity index (χ2v) is 7.11. The van der Waals surface area contributed by atoms with Crippen molar-refractivity contribution in [2.24, 2.45) is 0 Å². The van der Waals surface area contributed by atoms with Gasteiger partial charge in [0.2, 0.25) is 0 Å². The summed E-state index contributed by atoms with van der Waals surface area (Å²) in [5.41, 5.74) is 8.11. The minimum Gasteiger partial charge on any atom is -0.464 e. The minimum atomic E-state index is -0.477. The molecule has 0 aliphatic carbocycles. The van der Waals surface area contributed by atoms with Crippen LogP contribution in [0, 0.1) is 0 Å². The zero-order chi connectivity index (χ0) is 18.3. The highest BCUT2D eigenvalue weighted by Gasteiger charge is 2.23. The first-order valence-corrected chi connectivity index (χ1v) is 8.97. The van der Waals surface area contributed by atoms with Gasteiger partial charge in [0.1, 0.15) is 0 Å². The number of esters is 1. The number of ether oxygens (including phenoxy) is 1. The number of benzene rings is 1. The molecule has 26 heavy (non-hydrogen) atoms. The molecule has 8 nitrogen and oxygen atoms in total. The summed E-state index contributed by atoms with van der Waals surface area (Å²) in [5, 5.41) is 4.76. The molecule has 0 saturated carbocycles. The number of fused-ring (bicyclic) bond motifs is 2. The number of thiazole rings is 1. The number of rotatable bonds is 2. The van der Waals surface area contributed by atoms with Crippen LogP contribution in [0.2, 0.25) is 0 Å². The number of aryl methyl sites for hydroxylation is 1. The molecular formula is C17H17N5O3S. The molecule has 0 bridgehead atoms. The van der Waals surface area contributed by atoms with Crippen LogP contribution in [0.15, 0.2) is 24.3 Å². The van der Waals surface area contributed by atoms with Gasteiger partial charge >= 0.3 is 5.97 Å². The standard InChI is InChI=1S/C17H17N5O3S/c1-25-16(24)13-8-11-9-21(5-2-6-22(11)20-13)15(23)10-3-4-14-12(7-10)19-17(18)26-14/h3-4,7-8H,2,5-6,9H2,1H3,(H2,18,19). The third-order valence-electron chi connectivity index (χ3n) is 4.35. The molecule has 0 fully saturated rings. The molecule has 3 aromatic rings. The predicted molar refractivity (Wildman–Crippen MR) is 97.0 cm³/mol. The lowest BCUT2D eigenvalue weighted by Gasteiger charge is -2.20. The smallest absolute Gasteiger partial charge is 0.358 e. The summed E-state index contributed by atoms with van der Waals surface area (Å²) in [6, 6.07) is 7.12. The number of nitrogens with two attached hydrogens (primary N) is 1. The highest BCUT2D eigenvalue weighted by atomic mass is 32.1. The number of nitrogen functional groups attached to an aromatic ring is 1. The van der Waals surface area contributed by atoms with Crippen molar-refractivity contribution in [1.29, 1.82) is 0 Å². The number of carbonyl (C=O) groups excluding carboxylic acids is 2. The Morgan fingerprint density at radius 1 is 1.27 bits per heavy atom. The molecule has 3 heterocycles. The van der Waals surface area contributed by atoms with Gasteiger partial charge in [-0.1, -0.05) is 11.3 Å². The Kier molecular flexibility index (Phi) is 4.08. The zero-order valence-electron chi connectivity index (χ0n) is 14.1. The van der Waals surface area contributed by atoms with E-state index in [1.165, 1.54) is 18.4 Å². The van der Waals surface area contributed by atoms with Crippen LogP contribution < -0.4 is 5.73 Å². The van der Waals surface area contributed by atoms with Gasteiger partial charge in [-0.05, 0) is 30.7 Å². The number of anilines is 1. The van der Waals surface area contributed by atoms with Crippen molar-refractivity contribution in [3.05, 3.63) is 41.2 Å². The molecule has 1 aliphatic heterocycles. The van der Waals surface area contributed by atoms with Gasteiger partial charge < -0.3 is 15.4 Å². The Morgan fingerprint density at radius 3 is 2.92 bits per heavy atom.